The maximum absolute atomic E-state index is 11.8. The highest BCUT2D eigenvalue weighted by Gasteiger charge is 2.21. The highest BCUT2D eigenvalue weighted by Crippen LogP contribution is 2.08. The van der Waals surface area contributed by atoms with Crippen molar-refractivity contribution in [2.45, 2.75) is 52.8 Å². The molecule has 1 unspecified atom stereocenters. The Labute approximate surface area is 128 Å². The zero-order chi connectivity index (χ0) is 16.0. The number of rotatable bonds is 6. The summed E-state index contributed by atoms with van der Waals surface area (Å²) in [7, 11) is 2.00. The summed E-state index contributed by atoms with van der Waals surface area (Å²) in [6, 6.07) is 2.13. The second-order valence-corrected chi connectivity index (χ2v) is 6.81. The Hall–Kier alpha value is -1.49. The Morgan fingerprint density at radius 1 is 1.38 bits per heavy atom. The van der Waals surface area contributed by atoms with Crippen molar-refractivity contribution in [3.63, 3.8) is 0 Å². The van der Waals surface area contributed by atoms with E-state index in [1.165, 1.54) is 5.56 Å². The first kappa shape index (κ1) is 17.6. The van der Waals surface area contributed by atoms with Gasteiger partial charge < -0.3 is 19.9 Å². The van der Waals surface area contributed by atoms with E-state index in [0.29, 0.717) is 12.5 Å². The van der Waals surface area contributed by atoms with Crippen LogP contribution in [0.25, 0.3) is 0 Å². The standard InChI is InChI=1S/C16H29N3O2/c1-12(2)14(18-15(20)21-16(3,4)5)10-17-9-13-7-8-19(6)11-13/h7-8,11-12,14,17H,9-10H2,1-6H3,(H,18,20). The molecule has 1 heterocycles. The molecule has 0 saturated carbocycles. The van der Waals surface area contributed by atoms with Crippen LogP contribution in [0.5, 0.6) is 0 Å². The van der Waals surface area contributed by atoms with E-state index in [-0.39, 0.29) is 12.1 Å². The van der Waals surface area contributed by atoms with Crippen LogP contribution in [0.4, 0.5) is 4.79 Å². The first-order valence-corrected chi connectivity index (χ1v) is 7.48. The van der Waals surface area contributed by atoms with Crippen molar-refractivity contribution in [1.82, 2.24) is 15.2 Å². The predicted molar refractivity (Wildman–Crippen MR) is 85.1 cm³/mol. The Morgan fingerprint density at radius 3 is 2.52 bits per heavy atom. The molecule has 1 atom stereocenters. The zero-order valence-corrected chi connectivity index (χ0v) is 14.1. The molecule has 0 bridgehead atoms. The molecule has 21 heavy (non-hydrogen) atoms. The van der Waals surface area contributed by atoms with Crippen LogP contribution >= 0.6 is 0 Å². The third-order valence-electron chi connectivity index (χ3n) is 3.09. The van der Waals surface area contributed by atoms with Crippen LogP contribution in [0, 0.1) is 5.92 Å². The van der Waals surface area contributed by atoms with E-state index in [1.807, 2.05) is 38.6 Å². The SMILES string of the molecule is CC(C)C(CNCc1ccn(C)c1)NC(=O)OC(C)(C)C. The van der Waals surface area contributed by atoms with Crippen LogP contribution in [-0.2, 0) is 18.3 Å². The van der Waals surface area contributed by atoms with Gasteiger partial charge in [-0.3, -0.25) is 0 Å². The van der Waals surface area contributed by atoms with Gasteiger partial charge in [0.25, 0.3) is 0 Å². The van der Waals surface area contributed by atoms with Gasteiger partial charge in [-0.1, -0.05) is 13.8 Å². The van der Waals surface area contributed by atoms with E-state index in [2.05, 4.69) is 36.7 Å². The summed E-state index contributed by atoms with van der Waals surface area (Å²) in [6.45, 7) is 11.3. The maximum atomic E-state index is 11.8. The summed E-state index contributed by atoms with van der Waals surface area (Å²) in [4.78, 5) is 11.8. The van der Waals surface area contributed by atoms with Crippen LogP contribution in [0.3, 0.4) is 0 Å². The van der Waals surface area contributed by atoms with Crippen LogP contribution in [0.15, 0.2) is 18.5 Å². The minimum atomic E-state index is -0.469. The van der Waals surface area contributed by atoms with Crippen LogP contribution in [0.2, 0.25) is 0 Å². The van der Waals surface area contributed by atoms with Crippen molar-refractivity contribution in [3.05, 3.63) is 24.0 Å². The molecule has 0 aromatic carbocycles. The summed E-state index contributed by atoms with van der Waals surface area (Å²) in [5.41, 5.74) is 0.764. The van der Waals surface area contributed by atoms with E-state index in [9.17, 15) is 4.79 Å². The second kappa shape index (κ2) is 7.50. The van der Waals surface area contributed by atoms with Crippen molar-refractivity contribution in [2.24, 2.45) is 13.0 Å². The van der Waals surface area contributed by atoms with E-state index >= 15 is 0 Å². The maximum Gasteiger partial charge on any atom is 0.407 e. The number of aryl methyl sites for hydroxylation is 1. The number of nitrogens with one attached hydrogen (secondary N) is 2. The summed E-state index contributed by atoms with van der Waals surface area (Å²) in [5, 5.41) is 6.32. The highest BCUT2D eigenvalue weighted by molar-refractivity contribution is 5.68. The summed E-state index contributed by atoms with van der Waals surface area (Å²) in [5.74, 6) is 0.334. The molecular formula is C16H29N3O2. The predicted octanol–water partition coefficient (Wildman–Crippen LogP) is 2.66. The zero-order valence-electron chi connectivity index (χ0n) is 14.1. The smallest absolute Gasteiger partial charge is 0.407 e. The van der Waals surface area contributed by atoms with E-state index < -0.39 is 5.60 Å². The van der Waals surface area contributed by atoms with Crippen molar-refractivity contribution in [1.29, 1.82) is 0 Å². The normalized spacial score (nSPS) is 13.3. The van der Waals surface area contributed by atoms with Crippen LogP contribution < -0.4 is 10.6 Å². The van der Waals surface area contributed by atoms with Gasteiger partial charge in [0.1, 0.15) is 5.60 Å². The Kier molecular flexibility index (Phi) is 6.27. The average molecular weight is 295 g/mol. The molecule has 2 N–H and O–H groups in total. The molecule has 5 heteroatoms. The molecule has 5 nitrogen and oxygen atoms in total. The molecule has 0 saturated heterocycles. The van der Waals surface area contributed by atoms with Crippen LogP contribution in [-0.4, -0.2) is 28.8 Å². The molecule has 0 aliphatic heterocycles. The average Bonchev–Trinajstić information content (AvgIpc) is 2.71. The Bertz CT molecular complexity index is 447. The molecule has 1 amide bonds. The number of amides is 1. The lowest BCUT2D eigenvalue weighted by Crippen LogP contribution is -2.46. The number of ether oxygens (including phenoxy) is 1. The minimum absolute atomic E-state index is 0.0450. The first-order valence-electron chi connectivity index (χ1n) is 7.48. The molecule has 1 aromatic heterocycles. The van der Waals surface area contributed by atoms with Gasteiger partial charge >= 0.3 is 6.09 Å². The summed E-state index contributed by atoms with van der Waals surface area (Å²) in [6.07, 6.45) is 3.75. The number of aromatic nitrogens is 1. The van der Waals surface area contributed by atoms with Gasteiger partial charge in [-0.2, -0.15) is 0 Å². The minimum Gasteiger partial charge on any atom is -0.444 e. The lowest BCUT2D eigenvalue weighted by atomic mass is 10.0. The van der Waals surface area contributed by atoms with Crippen molar-refractivity contribution >= 4 is 6.09 Å². The lowest BCUT2D eigenvalue weighted by Gasteiger charge is -2.26. The molecule has 0 spiro atoms. The van der Waals surface area contributed by atoms with Crippen molar-refractivity contribution in [3.8, 4) is 0 Å². The number of carbonyl (C=O) groups excluding carboxylic acids is 1. The van der Waals surface area contributed by atoms with Gasteiger partial charge in [-0.25, -0.2) is 4.79 Å². The fraction of sp³-hybridized carbons (Fsp3) is 0.688. The fourth-order valence-corrected chi connectivity index (χ4v) is 1.95. The summed E-state index contributed by atoms with van der Waals surface area (Å²) >= 11 is 0. The van der Waals surface area contributed by atoms with E-state index in [1.54, 1.807) is 0 Å². The first-order chi connectivity index (χ1) is 9.67. The number of nitrogens with zero attached hydrogens (tertiary/aromatic N) is 1. The number of carbonyl (C=O) groups is 1. The molecule has 1 aromatic rings. The molecule has 120 valence electrons. The monoisotopic (exact) mass is 295 g/mol. The van der Waals surface area contributed by atoms with Crippen molar-refractivity contribution < 1.29 is 9.53 Å². The molecule has 0 aliphatic carbocycles. The Morgan fingerprint density at radius 2 is 2.05 bits per heavy atom. The molecule has 0 radical (unpaired) electrons. The summed E-state index contributed by atoms with van der Waals surface area (Å²) < 4.78 is 7.33. The molecule has 1 rings (SSSR count). The number of alkyl carbamates (subject to hydrolysis) is 1. The molecule has 0 aliphatic rings. The van der Waals surface area contributed by atoms with Gasteiger partial charge in [0, 0.05) is 38.6 Å². The van der Waals surface area contributed by atoms with Gasteiger partial charge in [0.05, 0.1) is 0 Å². The van der Waals surface area contributed by atoms with Crippen molar-refractivity contribution in [2.75, 3.05) is 6.54 Å². The van der Waals surface area contributed by atoms with Crippen LogP contribution in [0.1, 0.15) is 40.2 Å². The van der Waals surface area contributed by atoms with Gasteiger partial charge in [-0.05, 0) is 38.3 Å². The second-order valence-electron chi connectivity index (χ2n) is 6.81. The topological polar surface area (TPSA) is 55.3 Å². The van der Waals surface area contributed by atoms with Gasteiger partial charge in [0.2, 0.25) is 0 Å². The molecular weight excluding hydrogens is 266 g/mol. The third-order valence-corrected chi connectivity index (χ3v) is 3.09. The van der Waals surface area contributed by atoms with E-state index in [0.717, 1.165) is 6.54 Å². The number of hydrogen-bond donors (Lipinski definition) is 2. The quantitative estimate of drug-likeness (QED) is 0.848. The fourth-order valence-electron chi connectivity index (χ4n) is 1.95. The lowest BCUT2D eigenvalue weighted by molar-refractivity contribution is 0.0490. The van der Waals surface area contributed by atoms with Gasteiger partial charge in [0.15, 0.2) is 0 Å². The molecule has 0 fully saturated rings. The largest absolute Gasteiger partial charge is 0.444 e. The van der Waals surface area contributed by atoms with E-state index in [4.69, 9.17) is 4.74 Å². The van der Waals surface area contributed by atoms with Gasteiger partial charge in [-0.15, -0.1) is 0 Å². The third kappa shape index (κ3) is 7.18. The Balaban J connectivity index is 2.41. The number of hydrogen-bond acceptors (Lipinski definition) is 3. The highest BCUT2D eigenvalue weighted by atomic mass is 16.6.